The van der Waals surface area contributed by atoms with Gasteiger partial charge in [-0.25, -0.2) is 0 Å². The van der Waals surface area contributed by atoms with Gasteiger partial charge in [-0.2, -0.15) is 0 Å². The van der Waals surface area contributed by atoms with Crippen LogP contribution in [0.4, 0.5) is 0 Å². The Labute approximate surface area is 157 Å². The number of nitrogens with zero attached hydrogens (tertiary/aromatic N) is 1. The summed E-state index contributed by atoms with van der Waals surface area (Å²) in [5.41, 5.74) is 3.84. The van der Waals surface area contributed by atoms with E-state index in [1.807, 2.05) is 30.3 Å². The van der Waals surface area contributed by atoms with Gasteiger partial charge in [-0.1, -0.05) is 42.0 Å². The molecule has 0 heterocycles. The molecule has 1 N–H and O–H groups in total. The van der Waals surface area contributed by atoms with E-state index in [2.05, 4.69) is 36.9 Å². The van der Waals surface area contributed by atoms with Gasteiger partial charge in [0.2, 0.25) is 0 Å². The lowest BCUT2D eigenvalue weighted by Crippen LogP contribution is -2.36. The Bertz CT molecular complexity index is 645. The molecule has 142 valence electrons. The Morgan fingerprint density at radius 2 is 1.85 bits per heavy atom. The lowest BCUT2D eigenvalue weighted by Gasteiger charge is -2.26. The van der Waals surface area contributed by atoms with Crippen LogP contribution in [0.2, 0.25) is 0 Å². The maximum absolute atomic E-state index is 10.4. The number of rotatable bonds is 11. The number of aliphatic hydroxyl groups excluding tert-OH is 1. The fourth-order valence-corrected chi connectivity index (χ4v) is 2.94. The molecular formula is C22H31NO3. The van der Waals surface area contributed by atoms with Gasteiger partial charge in [-0.05, 0) is 43.5 Å². The zero-order chi connectivity index (χ0) is 18.8. The highest BCUT2D eigenvalue weighted by molar-refractivity contribution is 5.30. The molecule has 0 spiro atoms. The quantitative estimate of drug-likeness (QED) is 0.624. The van der Waals surface area contributed by atoms with Crippen molar-refractivity contribution in [3.05, 3.63) is 65.2 Å². The number of benzene rings is 2. The van der Waals surface area contributed by atoms with Gasteiger partial charge in [0, 0.05) is 33.4 Å². The second-order valence-electron chi connectivity index (χ2n) is 6.79. The molecule has 0 amide bonds. The molecule has 0 saturated carbocycles. The van der Waals surface area contributed by atoms with Crippen molar-refractivity contribution in [2.45, 2.75) is 32.9 Å². The lowest BCUT2D eigenvalue weighted by molar-refractivity contribution is 0.0617. The SMILES string of the molecule is COCCCN(Cc1cc(C)ccc1C)CC(O)COc1ccccc1. The van der Waals surface area contributed by atoms with Crippen LogP contribution in [0.5, 0.6) is 5.75 Å². The van der Waals surface area contributed by atoms with Crippen LogP contribution in [0.25, 0.3) is 0 Å². The maximum atomic E-state index is 10.4. The first-order chi connectivity index (χ1) is 12.6. The number of aliphatic hydroxyl groups is 1. The molecule has 2 aromatic carbocycles. The smallest absolute Gasteiger partial charge is 0.119 e. The topological polar surface area (TPSA) is 41.9 Å². The number of aryl methyl sites for hydroxylation is 2. The summed E-state index contributed by atoms with van der Waals surface area (Å²) in [6.07, 6.45) is 0.399. The van der Waals surface area contributed by atoms with Crippen LogP contribution in [-0.4, -0.2) is 49.5 Å². The lowest BCUT2D eigenvalue weighted by atomic mass is 10.0. The zero-order valence-corrected chi connectivity index (χ0v) is 16.1. The molecule has 0 aromatic heterocycles. The van der Waals surface area contributed by atoms with E-state index in [0.29, 0.717) is 6.54 Å². The monoisotopic (exact) mass is 357 g/mol. The van der Waals surface area contributed by atoms with Crippen LogP contribution < -0.4 is 4.74 Å². The fraction of sp³-hybridized carbons (Fsp3) is 0.455. The van der Waals surface area contributed by atoms with Crippen molar-refractivity contribution in [3.8, 4) is 5.75 Å². The van der Waals surface area contributed by atoms with Gasteiger partial charge in [-0.15, -0.1) is 0 Å². The van der Waals surface area contributed by atoms with E-state index in [4.69, 9.17) is 9.47 Å². The van der Waals surface area contributed by atoms with Crippen molar-refractivity contribution >= 4 is 0 Å². The van der Waals surface area contributed by atoms with Crippen molar-refractivity contribution in [3.63, 3.8) is 0 Å². The van der Waals surface area contributed by atoms with Gasteiger partial charge in [-0.3, -0.25) is 4.90 Å². The molecule has 2 rings (SSSR count). The first-order valence-corrected chi connectivity index (χ1v) is 9.22. The average molecular weight is 357 g/mol. The Morgan fingerprint density at radius 1 is 1.08 bits per heavy atom. The summed E-state index contributed by atoms with van der Waals surface area (Å²) in [5, 5.41) is 10.4. The zero-order valence-electron chi connectivity index (χ0n) is 16.1. The van der Waals surface area contributed by atoms with E-state index in [9.17, 15) is 5.11 Å². The van der Waals surface area contributed by atoms with Crippen molar-refractivity contribution in [2.75, 3.05) is 33.4 Å². The summed E-state index contributed by atoms with van der Waals surface area (Å²) in [7, 11) is 1.72. The van der Waals surface area contributed by atoms with Gasteiger partial charge in [0.15, 0.2) is 0 Å². The number of para-hydroxylation sites is 1. The summed E-state index contributed by atoms with van der Waals surface area (Å²) in [4.78, 5) is 2.28. The Balaban J connectivity index is 1.93. The average Bonchev–Trinajstić information content (AvgIpc) is 2.64. The van der Waals surface area contributed by atoms with E-state index in [-0.39, 0.29) is 6.61 Å². The summed E-state index contributed by atoms with van der Waals surface area (Å²) >= 11 is 0. The molecule has 1 unspecified atom stereocenters. The molecule has 0 aliphatic heterocycles. The van der Waals surface area contributed by atoms with Gasteiger partial charge in [0.25, 0.3) is 0 Å². The van der Waals surface area contributed by atoms with Crippen molar-refractivity contribution in [1.29, 1.82) is 0 Å². The third-order valence-electron chi connectivity index (χ3n) is 4.38. The molecule has 4 nitrogen and oxygen atoms in total. The molecular weight excluding hydrogens is 326 g/mol. The van der Waals surface area contributed by atoms with Crippen LogP contribution in [0, 0.1) is 13.8 Å². The van der Waals surface area contributed by atoms with Crippen molar-refractivity contribution in [2.24, 2.45) is 0 Å². The van der Waals surface area contributed by atoms with Gasteiger partial charge < -0.3 is 14.6 Å². The molecule has 26 heavy (non-hydrogen) atoms. The second kappa shape index (κ2) is 11.0. The minimum atomic E-state index is -0.539. The summed E-state index contributed by atoms with van der Waals surface area (Å²) in [6.45, 7) is 7.53. The van der Waals surface area contributed by atoms with Crippen LogP contribution in [-0.2, 0) is 11.3 Å². The largest absolute Gasteiger partial charge is 0.491 e. The van der Waals surface area contributed by atoms with Crippen LogP contribution in [0.15, 0.2) is 48.5 Å². The van der Waals surface area contributed by atoms with Gasteiger partial charge >= 0.3 is 0 Å². The summed E-state index contributed by atoms with van der Waals surface area (Å²) < 4.78 is 10.9. The summed E-state index contributed by atoms with van der Waals surface area (Å²) in [5.74, 6) is 0.784. The van der Waals surface area contributed by atoms with E-state index < -0.39 is 6.10 Å². The number of ether oxygens (including phenoxy) is 2. The standard InChI is InChI=1S/C22H31NO3/c1-18-10-11-19(2)20(14-18)15-23(12-7-13-25-3)16-21(24)17-26-22-8-5-4-6-9-22/h4-6,8-11,14,21,24H,7,12-13,15-17H2,1-3H3. The third-order valence-corrected chi connectivity index (χ3v) is 4.38. The van der Waals surface area contributed by atoms with Crippen LogP contribution in [0.1, 0.15) is 23.1 Å². The van der Waals surface area contributed by atoms with E-state index >= 15 is 0 Å². The Hall–Kier alpha value is -1.88. The minimum Gasteiger partial charge on any atom is -0.491 e. The number of methoxy groups -OCH3 is 1. The highest BCUT2D eigenvalue weighted by atomic mass is 16.5. The molecule has 1 atom stereocenters. The van der Waals surface area contributed by atoms with Crippen molar-refractivity contribution < 1.29 is 14.6 Å². The molecule has 0 radical (unpaired) electrons. The van der Waals surface area contributed by atoms with Crippen LogP contribution >= 0.6 is 0 Å². The normalized spacial score (nSPS) is 12.3. The molecule has 0 aliphatic rings. The highest BCUT2D eigenvalue weighted by Gasteiger charge is 2.14. The Morgan fingerprint density at radius 3 is 2.58 bits per heavy atom. The van der Waals surface area contributed by atoms with E-state index in [1.54, 1.807) is 7.11 Å². The number of hydrogen-bond donors (Lipinski definition) is 1. The molecule has 0 fully saturated rings. The van der Waals surface area contributed by atoms with E-state index in [0.717, 1.165) is 31.9 Å². The predicted molar refractivity (Wildman–Crippen MR) is 106 cm³/mol. The van der Waals surface area contributed by atoms with Gasteiger partial charge in [0.05, 0.1) is 0 Å². The van der Waals surface area contributed by atoms with Crippen molar-refractivity contribution in [1.82, 2.24) is 4.90 Å². The van der Waals surface area contributed by atoms with Crippen LogP contribution in [0.3, 0.4) is 0 Å². The predicted octanol–water partition coefficient (Wildman–Crippen LogP) is 3.58. The Kier molecular flexibility index (Phi) is 8.62. The molecule has 0 aliphatic carbocycles. The minimum absolute atomic E-state index is 0.289. The second-order valence-corrected chi connectivity index (χ2v) is 6.79. The first-order valence-electron chi connectivity index (χ1n) is 9.22. The maximum Gasteiger partial charge on any atom is 0.119 e. The van der Waals surface area contributed by atoms with Gasteiger partial charge in [0.1, 0.15) is 18.5 Å². The fourth-order valence-electron chi connectivity index (χ4n) is 2.94. The molecule has 4 heteroatoms. The highest BCUT2D eigenvalue weighted by Crippen LogP contribution is 2.15. The molecule has 2 aromatic rings. The summed E-state index contributed by atoms with van der Waals surface area (Å²) in [6, 6.07) is 16.1. The first kappa shape index (κ1) is 20.4. The third kappa shape index (κ3) is 7.16. The number of hydrogen-bond acceptors (Lipinski definition) is 4. The van der Waals surface area contributed by atoms with E-state index in [1.165, 1.54) is 16.7 Å². The molecule has 0 saturated heterocycles. The molecule has 0 bridgehead atoms.